The maximum atomic E-state index is 13.9. The van der Waals surface area contributed by atoms with Crippen molar-refractivity contribution in [3.8, 4) is 11.1 Å². The summed E-state index contributed by atoms with van der Waals surface area (Å²) in [6, 6.07) is 21.8. The van der Waals surface area contributed by atoms with Crippen LogP contribution in [0.1, 0.15) is 68.9 Å². The maximum absolute atomic E-state index is 13.9. The number of para-hydroxylation sites is 1. The van der Waals surface area contributed by atoms with E-state index in [1.807, 2.05) is 60.7 Å². The largest absolute Gasteiger partial charge is 0.444 e. The first-order chi connectivity index (χ1) is 20.2. The van der Waals surface area contributed by atoms with Crippen molar-refractivity contribution in [3.63, 3.8) is 0 Å². The van der Waals surface area contributed by atoms with E-state index in [4.69, 9.17) is 10.5 Å². The van der Waals surface area contributed by atoms with Crippen LogP contribution in [0.3, 0.4) is 0 Å². The van der Waals surface area contributed by atoms with E-state index in [0.717, 1.165) is 27.9 Å². The van der Waals surface area contributed by atoms with Gasteiger partial charge in [-0.25, -0.2) is 4.79 Å². The number of alkyl carbamates (subject to hydrolysis) is 1. The molecule has 3 aromatic carbocycles. The molecule has 0 aromatic heterocycles. The van der Waals surface area contributed by atoms with E-state index in [-0.39, 0.29) is 18.2 Å². The molecule has 0 saturated carbocycles. The fourth-order valence-electron chi connectivity index (χ4n) is 5.21. The standard InChI is InChI=1S/C34H40N4O5/c1-33(2,3)43-32(42)37-34(4,5)20-29(39)36-27-19-18-24-10-6-9-13-28(24)38(31(27)41)21-22-14-16-23(17-15-22)25-11-7-8-12-26(25)30(35)40/h6-17,27H,18-21H2,1-5H3,(H2,35,40)(H,36,39)(H,37,42)/t27-/m1/s1. The summed E-state index contributed by atoms with van der Waals surface area (Å²) in [5.74, 6) is -1.05. The highest BCUT2D eigenvalue weighted by Gasteiger charge is 2.33. The molecule has 0 unspecified atom stereocenters. The number of nitrogens with zero attached hydrogens (tertiary/aromatic N) is 1. The molecule has 0 saturated heterocycles. The van der Waals surface area contributed by atoms with Gasteiger partial charge in [0.15, 0.2) is 0 Å². The average molecular weight is 585 g/mol. The first-order valence-corrected chi connectivity index (χ1v) is 14.4. The Balaban J connectivity index is 1.50. The quantitative estimate of drug-likeness (QED) is 0.339. The Hall–Kier alpha value is -4.66. The van der Waals surface area contributed by atoms with Crippen LogP contribution in [0.25, 0.3) is 11.1 Å². The average Bonchev–Trinajstić information content (AvgIpc) is 3.04. The number of ether oxygens (including phenoxy) is 1. The minimum atomic E-state index is -0.891. The third-order valence-electron chi connectivity index (χ3n) is 7.12. The molecule has 0 bridgehead atoms. The zero-order chi connectivity index (χ0) is 31.4. The molecule has 1 aliphatic rings. The molecule has 1 atom stereocenters. The minimum Gasteiger partial charge on any atom is -0.444 e. The number of aryl methyl sites for hydroxylation is 1. The van der Waals surface area contributed by atoms with E-state index in [1.54, 1.807) is 51.7 Å². The number of amides is 4. The Bertz CT molecular complexity index is 1510. The lowest BCUT2D eigenvalue weighted by Gasteiger charge is -2.29. The molecule has 3 aromatic rings. The number of carbonyl (C=O) groups is 4. The second kappa shape index (κ2) is 12.7. The molecule has 9 nitrogen and oxygen atoms in total. The van der Waals surface area contributed by atoms with Crippen molar-refractivity contribution < 1.29 is 23.9 Å². The molecular formula is C34H40N4O5. The number of nitrogens with one attached hydrogen (secondary N) is 2. The fraction of sp³-hybridized carbons (Fsp3) is 0.353. The van der Waals surface area contributed by atoms with Gasteiger partial charge in [0.05, 0.1) is 6.54 Å². The molecule has 1 aliphatic heterocycles. The molecule has 0 fully saturated rings. The van der Waals surface area contributed by atoms with Gasteiger partial charge in [-0.2, -0.15) is 0 Å². The first-order valence-electron chi connectivity index (χ1n) is 14.4. The van der Waals surface area contributed by atoms with Crippen LogP contribution in [0, 0.1) is 0 Å². The van der Waals surface area contributed by atoms with Gasteiger partial charge in [-0.3, -0.25) is 14.4 Å². The van der Waals surface area contributed by atoms with Gasteiger partial charge in [-0.05, 0) is 81.8 Å². The van der Waals surface area contributed by atoms with Gasteiger partial charge in [0.2, 0.25) is 17.7 Å². The highest BCUT2D eigenvalue weighted by atomic mass is 16.6. The normalized spacial score (nSPS) is 15.2. The van der Waals surface area contributed by atoms with Gasteiger partial charge in [0.1, 0.15) is 11.6 Å². The third kappa shape index (κ3) is 8.22. The van der Waals surface area contributed by atoms with E-state index in [1.165, 1.54) is 0 Å². The van der Waals surface area contributed by atoms with Crippen molar-refractivity contribution in [3.05, 3.63) is 89.5 Å². The van der Waals surface area contributed by atoms with Gasteiger partial charge in [0, 0.05) is 23.2 Å². The van der Waals surface area contributed by atoms with Crippen molar-refractivity contribution in [2.45, 2.75) is 77.6 Å². The number of anilines is 1. The molecule has 0 spiro atoms. The van der Waals surface area contributed by atoms with Gasteiger partial charge in [-0.15, -0.1) is 0 Å². The molecule has 0 aliphatic carbocycles. The third-order valence-corrected chi connectivity index (χ3v) is 7.12. The summed E-state index contributed by atoms with van der Waals surface area (Å²) in [5, 5.41) is 5.66. The second-order valence-corrected chi connectivity index (χ2v) is 12.5. The number of rotatable bonds is 8. The van der Waals surface area contributed by atoms with Crippen molar-refractivity contribution in [2.24, 2.45) is 5.73 Å². The Morgan fingerprint density at radius 3 is 2.26 bits per heavy atom. The van der Waals surface area contributed by atoms with Crippen LogP contribution in [0.4, 0.5) is 10.5 Å². The summed E-state index contributed by atoms with van der Waals surface area (Å²) in [5.41, 5.74) is 8.75. The number of hydrogen-bond donors (Lipinski definition) is 3. The zero-order valence-corrected chi connectivity index (χ0v) is 25.4. The number of nitrogens with two attached hydrogens (primary N) is 1. The van der Waals surface area contributed by atoms with Gasteiger partial charge < -0.3 is 26.0 Å². The summed E-state index contributed by atoms with van der Waals surface area (Å²) in [4.78, 5) is 53.0. The summed E-state index contributed by atoms with van der Waals surface area (Å²) in [7, 11) is 0. The molecular weight excluding hydrogens is 544 g/mol. The van der Waals surface area contributed by atoms with E-state index in [0.29, 0.717) is 24.9 Å². The summed E-state index contributed by atoms with van der Waals surface area (Å²) in [6.07, 6.45) is 0.422. The number of benzene rings is 3. The SMILES string of the molecule is CC(C)(CC(=O)N[C@@H]1CCc2ccccc2N(Cc2ccc(-c3ccccc3C(N)=O)cc2)C1=O)NC(=O)OC(C)(C)C. The first kappa shape index (κ1) is 31.3. The lowest BCUT2D eigenvalue weighted by Crippen LogP contribution is -2.52. The molecule has 0 radical (unpaired) electrons. The predicted octanol–water partition coefficient (Wildman–Crippen LogP) is 5.11. The molecule has 4 rings (SSSR count). The summed E-state index contributed by atoms with van der Waals surface area (Å²) < 4.78 is 5.33. The second-order valence-electron chi connectivity index (χ2n) is 12.5. The monoisotopic (exact) mass is 584 g/mol. The van der Waals surface area contributed by atoms with Crippen LogP contribution in [0.15, 0.2) is 72.8 Å². The number of carbonyl (C=O) groups excluding carboxylic acids is 4. The van der Waals surface area contributed by atoms with Crippen LogP contribution < -0.4 is 21.3 Å². The summed E-state index contributed by atoms with van der Waals surface area (Å²) in [6.45, 7) is 9.07. The van der Waals surface area contributed by atoms with E-state index in [2.05, 4.69) is 10.6 Å². The Kier molecular flexibility index (Phi) is 9.23. The van der Waals surface area contributed by atoms with Crippen LogP contribution >= 0.6 is 0 Å². The molecule has 9 heteroatoms. The maximum Gasteiger partial charge on any atom is 0.408 e. The molecule has 43 heavy (non-hydrogen) atoms. The molecule has 4 amide bonds. The van der Waals surface area contributed by atoms with E-state index in [9.17, 15) is 19.2 Å². The van der Waals surface area contributed by atoms with E-state index < -0.39 is 29.2 Å². The van der Waals surface area contributed by atoms with Crippen molar-refractivity contribution >= 4 is 29.5 Å². The Morgan fingerprint density at radius 1 is 0.930 bits per heavy atom. The smallest absolute Gasteiger partial charge is 0.408 e. The molecule has 226 valence electrons. The Morgan fingerprint density at radius 2 is 1.58 bits per heavy atom. The van der Waals surface area contributed by atoms with Crippen molar-refractivity contribution in [1.82, 2.24) is 10.6 Å². The molecule has 4 N–H and O–H groups in total. The number of fused-ring (bicyclic) bond motifs is 1. The Labute approximate surface area is 252 Å². The minimum absolute atomic E-state index is 0.0305. The van der Waals surface area contributed by atoms with Gasteiger partial charge in [-0.1, -0.05) is 60.7 Å². The molecule has 1 heterocycles. The number of primary amides is 1. The van der Waals surface area contributed by atoms with Crippen LogP contribution in [0.2, 0.25) is 0 Å². The van der Waals surface area contributed by atoms with Crippen molar-refractivity contribution in [2.75, 3.05) is 4.90 Å². The van der Waals surface area contributed by atoms with Crippen LogP contribution in [-0.4, -0.2) is 41.0 Å². The predicted molar refractivity (Wildman–Crippen MR) is 166 cm³/mol. The van der Waals surface area contributed by atoms with E-state index >= 15 is 0 Å². The topological polar surface area (TPSA) is 131 Å². The summed E-state index contributed by atoms with van der Waals surface area (Å²) >= 11 is 0. The van der Waals surface area contributed by atoms with Crippen LogP contribution in [0.5, 0.6) is 0 Å². The lowest BCUT2D eigenvalue weighted by molar-refractivity contribution is -0.128. The highest BCUT2D eigenvalue weighted by molar-refractivity contribution is 6.01. The lowest BCUT2D eigenvalue weighted by atomic mass is 9.98. The fourth-order valence-corrected chi connectivity index (χ4v) is 5.21. The van der Waals surface area contributed by atoms with Crippen molar-refractivity contribution in [1.29, 1.82) is 0 Å². The van der Waals surface area contributed by atoms with Gasteiger partial charge >= 0.3 is 6.09 Å². The van der Waals surface area contributed by atoms with Crippen LogP contribution in [-0.2, 0) is 27.3 Å². The zero-order valence-electron chi connectivity index (χ0n) is 25.4. The highest BCUT2D eigenvalue weighted by Crippen LogP contribution is 2.30. The number of hydrogen-bond acceptors (Lipinski definition) is 5. The van der Waals surface area contributed by atoms with Gasteiger partial charge in [0.25, 0.3) is 0 Å².